The summed E-state index contributed by atoms with van der Waals surface area (Å²) in [4.78, 5) is 12.4. The highest BCUT2D eigenvalue weighted by molar-refractivity contribution is 7.85. The first-order valence-corrected chi connectivity index (χ1v) is 18.6. The summed E-state index contributed by atoms with van der Waals surface area (Å²) in [5.41, 5.74) is 0. The average molecular weight is 600 g/mol. The molecular formula is C34H65NO5S. The molecule has 2 atom stereocenters. The van der Waals surface area contributed by atoms with Gasteiger partial charge in [-0.1, -0.05) is 160 Å². The van der Waals surface area contributed by atoms with Crippen molar-refractivity contribution in [3.63, 3.8) is 0 Å². The standard InChI is InChI=1S/C34H65NO5S/c1-3-5-7-9-11-13-15-17-19-21-23-25-27-29-33(36)32(31-41(38,39)40)35-34(37)30-28-26-24-22-20-18-16-14-12-10-8-6-4-2/h26-29,32-33,36H,3-25,30-31H2,1-2H3,(H,35,37)(H,38,39,40)/b28-26+,29-27+/t32-,33+/m0/s1. The van der Waals surface area contributed by atoms with E-state index >= 15 is 0 Å². The zero-order chi connectivity index (χ0) is 30.4. The van der Waals surface area contributed by atoms with Gasteiger partial charge in [-0.15, -0.1) is 0 Å². The molecule has 0 spiro atoms. The lowest BCUT2D eigenvalue weighted by atomic mass is 10.0. The molecule has 6 nitrogen and oxygen atoms in total. The molecule has 1 amide bonds. The first kappa shape index (κ1) is 39.8. The quantitative estimate of drug-likeness (QED) is 0.0434. The number of carbonyl (C=O) groups excluding carboxylic acids is 1. The van der Waals surface area contributed by atoms with Gasteiger partial charge in [0.15, 0.2) is 0 Å². The van der Waals surface area contributed by atoms with Crippen molar-refractivity contribution in [1.29, 1.82) is 0 Å². The van der Waals surface area contributed by atoms with Crippen LogP contribution in [0.3, 0.4) is 0 Å². The molecule has 0 aliphatic carbocycles. The molecule has 0 unspecified atom stereocenters. The van der Waals surface area contributed by atoms with Crippen LogP contribution in [0.25, 0.3) is 0 Å². The van der Waals surface area contributed by atoms with Crippen LogP contribution in [-0.4, -0.2) is 41.9 Å². The molecule has 0 aromatic carbocycles. The number of aliphatic hydroxyl groups excluding tert-OH is 1. The van der Waals surface area contributed by atoms with E-state index in [1.165, 1.54) is 122 Å². The second-order valence-electron chi connectivity index (χ2n) is 11.8. The maximum absolute atomic E-state index is 12.4. The monoisotopic (exact) mass is 599 g/mol. The second kappa shape index (κ2) is 28.9. The third-order valence-electron chi connectivity index (χ3n) is 7.65. The summed E-state index contributed by atoms with van der Waals surface area (Å²) < 4.78 is 32.2. The number of hydrogen-bond donors (Lipinski definition) is 3. The summed E-state index contributed by atoms with van der Waals surface area (Å²) in [5.74, 6) is -1.08. The first-order chi connectivity index (χ1) is 19.8. The lowest BCUT2D eigenvalue weighted by molar-refractivity contribution is -0.121. The molecule has 0 fully saturated rings. The van der Waals surface area contributed by atoms with Crippen LogP contribution in [-0.2, 0) is 14.9 Å². The van der Waals surface area contributed by atoms with Gasteiger partial charge in [0.1, 0.15) is 0 Å². The molecule has 0 rings (SSSR count). The van der Waals surface area contributed by atoms with Crippen molar-refractivity contribution in [1.82, 2.24) is 5.32 Å². The van der Waals surface area contributed by atoms with Gasteiger partial charge in [-0.3, -0.25) is 9.35 Å². The number of carbonyl (C=O) groups is 1. The van der Waals surface area contributed by atoms with E-state index in [4.69, 9.17) is 0 Å². The van der Waals surface area contributed by atoms with Crippen LogP contribution in [0.1, 0.15) is 168 Å². The van der Waals surface area contributed by atoms with Gasteiger partial charge in [0, 0.05) is 6.42 Å². The Hall–Kier alpha value is -1.18. The highest BCUT2D eigenvalue weighted by Gasteiger charge is 2.24. The van der Waals surface area contributed by atoms with Gasteiger partial charge in [-0.25, -0.2) is 0 Å². The SMILES string of the molecule is CCCCCCCCCCCC/C=C/CC(=O)N[C@@H](CS(=O)(=O)O)[C@H](O)/C=C/CCCCCCCCCCCCC. The molecule has 0 radical (unpaired) electrons. The van der Waals surface area contributed by atoms with Gasteiger partial charge in [0.25, 0.3) is 10.1 Å². The first-order valence-electron chi connectivity index (χ1n) is 17.0. The summed E-state index contributed by atoms with van der Waals surface area (Å²) >= 11 is 0. The third-order valence-corrected chi connectivity index (χ3v) is 8.43. The largest absolute Gasteiger partial charge is 0.387 e. The molecule has 0 aliphatic rings. The molecule has 0 saturated carbocycles. The van der Waals surface area contributed by atoms with Crippen molar-refractivity contribution in [2.45, 2.75) is 180 Å². The van der Waals surface area contributed by atoms with Crippen LogP contribution < -0.4 is 5.32 Å². The predicted molar refractivity (Wildman–Crippen MR) is 175 cm³/mol. The second-order valence-corrected chi connectivity index (χ2v) is 13.3. The van der Waals surface area contributed by atoms with Gasteiger partial charge >= 0.3 is 0 Å². The van der Waals surface area contributed by atoms with Crippen LogP contribution in [0.4, 0.5) is 0 Å². The number of hydrogen-bond acceptors (Lipinski definition) is 4. The number of aliphatic hydroxyl groups is 1. The molecule has 0 saturated heterocycles. The van der Waals surface area contributed by atoms with Crippen molar-refractivity contribution in [2.24, 2.45) is 0 Å². The molecule has 0 bridgehead atoms. The Morgan fingerprint density at radius 2 is 1.02 bits per heavy atom. The predicted octanol–water partition coefficient (Wildman–Crippen LogP) is 9.23. The van der Waals surface area contributed by atoms with Crippen molar-refractivity contribution in [2.75, 3.05) is 5.75 Å². The van der Waals surface area contributed by atoms with Crippen LogP contribution in [0.2, 0.25) is 0 Å². The van der Waals surface area contributed by atoms with E-state index in [0.717, 1.165) is 32.1 Å². The van der Waals surface area contributed by atoms with Gasteiger partial charge in [-0.2, -0.15) is 8.42 Å². The normalized spacial score (nSPS) is 13.8. The number of amides is 1. The molecular weight excluding hydrogens is 534 g/mol. The molecule has 0 aromatic rings. The Labute approximate surface area is 254 Å². The van der Waals surface area contributed by atoms with E-state index in [1.54, 1.807) is 6.08 Å². The summed E-state index contributed by atoms with van der Waals surface area (Å²) in [6.45, 7) is 4.48. The highest BCUT2D eigenvalue weighted by Crippen LogP contribution is 2.13. The Bertz CT molecular complexity index is 750. The summed E-state index contributed by atoms with van der Waals surface area (Å²) in [7, 11) is -4.35. The summed E-state index contributed by atoms with van der Waals surface area (Å²) in [6.07, 6.45) is 34.6. The smallest absolute Gasteiger partial charge is 0.267 e. The zero-order valence-electron chi connectivity index (χ0n) is 26.7. The number of unbranched alkanes of at least 4 members (excludes halogenated alkanes) is 21. The molecule has 0 aromatic heterocycles. The lowest BCUT2D eigenvalue weighted by Crippen LogP contribution is -2.46. The van der Waals surface area contributed by atoms with Gasteiger partial charge in [0.2, 0.25) is 5.91 Å². The van der Waals surface area contributed by atoms with E-state index in [9.17, 15) is 22.9 Å². The molecule has 0 heterocycles. The maximum Gasteiger partial charge on any atom is 0.267 e. The van der Waals surface area contributed by atoms with E-state index in [2.05, 4.69) is 19.2 Å². The topological polar surface area (TPSA) is 104 Å². The van der Waals surface area contributed by atoms with Gasteiger partial charge in [-0.05, 0) is 25.7 Å². The minimum atomic E-state index is -4.35. The fourth-order valence-electron chi connectivity index (χ4n) is 5.07. The molecule has 3 N–H and O–H groups in total. The van der Waals surface area contributed by atoms with E-state index < -0.39 is 28.0 Å². The Kier molecular flexibility index (Phi) is 28.1. The summed E-state index contributed by atoms with van der Waals surface area (Å²) in [6, 6.07) is -1.08. The average Bonchev–Trinajstić information content (AvgIpc) is 2.92. The lowest BCUT2D eigenvalue weighted by Gasteiger charge is -2.20. The minimum Gasteiger partial charge on any atom is -0.387 e. The highest BCUT2D eigenvalue weighted by atomic mass is 32.2. The molecule has 242 valence electrons. The molecule has 7 heteroatoms. The van der Waals surface area contributed by atoms with Crippen LogP contribution >= 0.6 is 0 Å². The van der Waals surface area contributed by atoms with Gasteiger partial charge < -0.3 is 10.4 Å². The van der Waals surface area contributed by atoms with E-state index in [1.807, 2.05) is 12.2 Å². The Morgan fingerprint density at radius 3 is 1.44 bits per heavy atom. The Morgan fingerprint density at radius 1 is 0.634 bits per heavy atom. The maximum atomic E-state index is 12.4. The Balaban J connectivity index is 4.09. The van der Waals surface area contributed by atoms with Crippen molar-refractivity contribution in [3.8, 4) is 0 Å². The van der Waals surface area contributed by atoms with Crippen LogP contribution in [0.15, 0.2) is 24.3 Å². The summed E-state index contributed by atoms with van der Waals surface area (Å²) in [5, 5.41) is 13.1. The number of nitrogens with one attached hydrogen (secondary N) is 1. The fourth-order valence-corrected chi connectivity index (χ4v) is 5.81. The van der Waals surface area contributed by atoms with E-state index in [0.29, 0.717) is 0 Å². The van der Waals surface area contributed by atoms with Gasteiger partial charge in [0.05, 0.1) is 17.9 Å². The van der Waals surface area contributed by atoms with Crippen molar-refractivity contribution in [3.05, 3.63) is 24.3 Å². The molecule has 0 aliphatic heterocycles. The van der Waals surface area contributed by atoms with Crippen LogP contribution in [0, 0.1) is 0 Å². The zero-order valence-corrected chi connectivity index (χ0v) is 27.5. The molecule has 41 heavy (non-hydrogen) atoms. The van der Waals surface area contributed by atoms with Crippen molar-refractivity contribution >= 4 is 16.0 Å². The fraction of sp³-hybridized carbons (Fsp3) is 0.853. The van der Waals surface area contributed by atoms with Crippen LogP contribution in [0.5, 0.6) is 0 Å². The minimum absolute atomic E-state index is 0.120. The van der Waals surface area contributed by atoms with Crippen molar-refractivity contribution < 1.29 is 22.9 Å². The third kappa shape index (κ3) is 30.1. The number of rotatable bonds is 30. The number of allylic oxidation sites excluding steroid dienone is 2. The van der Waals surface area contributed by atoms with E-state index in [-0.39, 0.29) is 12.3 Å².